The Morgan fingerprint density at radius 1 is 0.704 bits per heavy atom. The molecule has 152 valence electrons. The van der Waals surface area contributed by atoms with Gasteiger partial charge in [0.1, 0.15) is 12.7 Å². The molecule has 0 aliphatic carbocycles. The molecule has 0 spiro atoms. The van der Waals surface area contributed by atoms with E-state index in [-0.39, 0.29) is 0 Å². The summed E-state index contributed by atoms with van der Waals surface area (Å²) >= 11 is 0. The number of hydrogen-bond donors (Lipinski definition) is 0. The maximum Gasteiger partial charge on any atom is 0.305 e. The van der Waals surface area contributed by atoms with Crippen LogP contribution in [0.25, 0.3) is 0 Å². The Balaban J connectivity index is 3.40. The largest absolute Gasteiger partial charge is 0.463 e. The van der Waals surface area contributed by atoms with Gasteiger partial charge in [0.05, 0.1) is 0 Å². The third-order valence-electron chi connectivity index (χ3n) is 3.05. The van der Waals surface area contributed by atoms with Gasteiger partial charge in [0, 0.05) is 41.4 Å². The topological polar surface area (TPSA) is 141 Å². The fourth-order valence-electron chi connectivity index (χ4n) is 2.27. The second-order valence-corrected chi connectivity index (χ2v) is 5.08. The number of esters is 5. The molecule has 1 aliphatic rings. The van der Waals surface area contributed by atoms with E-state index in [0.717, 1.165) is 0 Å². The predicted octanol–water partition coefficient (Wildman–Crippen LogP) is -0.367. The van der Waals surface area contributed by atoms with Gasteiger partial charge in [-0.2, -0.15) is 0 Å². The molecule has 11 heteroatoms. The maximum absolute atomic E-state index is 11.8. The van der Waals surface area contributed by atoms with E-state index in [9.17, 15) is 24.0 Å². The standard InChI is InChI=1S/C16H22O11/c1-7(17)22-6-12-13(23-8(2)18)14(24-9(3)19)15(25-10(4)20)16(27-12)26-11(5)21/h12-16H,6H2,1-5H3/t12-,13+,14+,15-,16?/m1/s1/i1D,2D,3D,4D,5D. The third kappa shape index (κ3) is 7.21. The highest BCUT2D eigenvalue weighted by Crippen LogP contribution is 2.29. The second kappa shape index (κ2) is 9.86. The highest BCUT2D eigenvalue weighted by Gasteiger charge is 2.53. The Labute approximate surface area is 162 Å². The van der Waals surface area contributed by atoms with Crippen molar-refractivity contribution >= 4 is 29.8 Å². The molecule has 1 fully saturated rings. The highest BCUT2D eigenvalue weighted by atomic mass is 16.7. The van der Waals surface area contributed by atoms with Gasteiger partial charge in [-0.15, -0.1) is 0 Å². The first-order chi connectivity index (χ1) is 15.2. The minimum atomic E-state index is -1.84. The van der Waals surface area contributed by atoms with Crippen LogP contribution in [0.2, 0.25) is 0 Å². The normalized spacial score (nSPS) is 29.5. The van der Waals surface area contributed by atoms with Crippen LogP contribution >= 0.6 is 0 Å². The van der Waals surface area contributed by atoms with Crippen LogP contribution in [0.15, 0.2) is 0 Å². The van der Waals surface area contributed by atoms with E-state index in [1.807, 2.05) is 0 Å². The molecule has 1 rings (SSSR count). The summed E-state index contributed by atoms with van der Waals surface area (Å²) < 4.78 is 65.7. The maximum atomic E-state index is 11.8. The molecule has 0 saturated carbocycles. The first kappa shape index (κ1) is 15.4. The molecule has 0 N–H and O–H groups in total. The van der Waals surface area contributed by atoms with Crippen LogP contribution < -0.4 is 0 Å². The van der Waals surface area contributed by atoms with Gasteiger partial charge in [0.15, 0.2) is 12.2 Å². The molecule has 0 aromatic heterocycles. The zero-order chi connectivity index (χ0) is 24.3. The fourth-order valence-corrected chi connectivity index (χ4v) is 2.27. The lowest BCUT2D eigenvalue weighted by Crippen LogP contribution is -2.63. The summed E-state index contributed by atoms with van der Waals surface area (Å²) in [4.78, 5) is 58.4. The van der Waals surface area contributed by atoms with Crippen molar-refractivity contribution < 1.29 is 59.2 Å². The van der Waals surface area contributed by atoms with E-state index in [1.54, 1.807) is 0 Å². The summed E-state index contributed by atoms with van der Waals surface area (Å²) in [5.41, 5.74) is 0. The van der Waals surface area contributed by atoms with Crippen molar-refractivity contribution in [3.05, 3.63) is 0 Å². The molecule has 11 nitrogen and oxygen atoms in total. The molecule has 1 unspecified atom stereocenters. The van der Waals surface area contributed by atoms with Gasteiger partial charge >= 0.3 is 29.8 Å². The lowest BCUT2D eigenvalue weighted by molar-refractivity contribution is -0.300. The number of ether oxygens (including phenoxy) is 6. The van der Waals surface area contributed by atoms with E-state index in [2.05, 4.69) is 0 Å². The molecule has 27 heavy (non-hydrogen) atoms. The van der Waals surface area contributed by atoms with Crippen LogP contribution in [0.4, 0.5) is 0 Å². The smallest absolute Gasteiger partial charge is 0.305 e. The second-order valence-electron chi connectivity index (χ2n) is 5.08. The van der Waals surface area contributed by atoms with Gasteiger partial charge in [0.25, 0.3) is 0 Å². The van der Waals surface area contributed by atoms with Crippen molar-refractivity contribution in [1.82, 2.24) is 0 Å². The van der Waals surface area contributed by atoms with Crippen LogP contribution in [0.5, 0.6) is 0 Å². The molecular weight excluding hydrogens is 368 g/mol. The van der Waals surface area contributed by atoms with E-state index >= 15 is 0 Å². The summed E-state index contributed by atoms with van der Waals surface area (Å²) in [5.74, 6) is -5.60. The van der Waals surface area contributed by atoms with Crippen LogP contribution in [-0.2, 0) is 52.4 Å². The van der Waals surface area contributed by atoms with Gasteiger partial charge in [-0.1, -0.05) is 0 Å². The number of hydrogen-bond acceptors (Lipinski definition) is 11. The van der Waals surface area contributed by atoms with Gasteiger partial charge < -0.3 is 28.4 Å². The summed E-state index contributed by atoms with van der Waals surface area (Å²) in [7, 11) is 0. The summed E-state index contributed by atoms with van der Waals surface area (Å²) in [6.45, 7) is -4.98. The zero-order valence-corrected chi connectivity index (χ0v) is 14.1. The molecule has 0 radical (unpaired) electrons. The number of rotatable bonds is 6. The van der Waals surface area contributed by atoms with Crippen LogP contribution in [0, 0.1) is 0 Å². The lowest BCUT2D eigenvalue weighted by atomic mass is 9.98. The van der Waals surface area contributed by atoms with Gasteiger partial charge in [-0.25, -0.2) is 0 Å². The van der Waals surface area contributed by atoms with Gasteiger partial charge in [0.2, 0.25) is 12.4 Å². The molecular formula is C16H22O11. The molecule has 0 bridgehead atoms. The van der Waals surface area contributed by atoms with Crippen molar-refractivity contribution in [3.63, 3.8) is 0 Å². The average molecular weight is 395 g/mol. The lowest BCUT2D eigenvalue weighted by Gasteiger charge is -2.43. The van der Waals surface area contributed by atoms with Crippen LogP contribution in [0.1, 0.15) is 41.4 Å². The summed E-state index contributed by atoms with van der Waals surface area (Å²) in [6, 6.07) is 0. The van der Waals surface area contributed by atoms with Crippen molar-refractivity contribution in [2.45, 2.75) is 65.2 Å². The summed E-state index contributed by atoms with van der Waals surface area (Å²) in [6.07, 6.45) is -8.52. The highest BCUT2D eigenvalue weighted by molar-refractivity contribution is 5.69. The minimum Gasteiger partial charge on any atom is -0.463 e. The first-order valence-electron chi connectivity index (χ1n) is 10.8. The molecule has 0 aromatic rings. The van der Waals surface area contributed by atoms with Crippen molar-refractivity contribution in [1.29, 1.82) is 0 Å². The van der Waals surface area contributed by atoms with Crippen LogP contribution in [0.3, 0.4) is 0 Å². The third-order valence-corrected chi connectivity index (χ3v) is 3.05. The Morgan fingerprint density at radius 3 is 1.74 bits per heavy atom. The Hall–Kier alpha value is -2.69. The quantitative estimate of drug-likeness (QED) is 0.429. The monoisotopic (exact) mass is 395 g/mol. The predicted molar refractivity (Wildman–Crippen MR) is 83.7 cm³/mol. The minimum absolute atomic E-state index is 0.684. The fraction of sp³-hybridized carbons (Fsp3) is 0.688. The molecule has 1 saturated heterocycles. The molecule has 0 aromatic carbocycles. The Kier molecular flexibility index (Phi) is 5.61. The molecule has 1 heterocycles. The van der Waals surface area contributed by atoms with Crippen molar-refractivity contribution in [2.24, 2.45) is 0 Å². The van der Waals surface area contributed by atoms with E-state index in [1.165, 1.54) is 0 Å². The zero-order valence-electron chi connectivity index (χ0n) is 19.1. The van der Waals surface area contributed by atoms with E-state index in [0.29, 0.717) is 0 Å². The Morgan fingerprint density at radius 2 is 1.19 bits per heavy atom. The van der Waals surface area contributed by atoms with Gasteiger partial charge in [-0.3, -0.25) is 24.0 Å². The molecule has 5 atom stereocenters. The van der Waals surface area contributed by atoms with Gasteiger partial charge in [-0.05, 0) is 0 Å². The number of carbonyl (C=O) groups excluding carboxylic acids is 5. The van der Waals surface area contributed by atoms with Crippen molar-refractivity contribution in [2.75, 3.05) is 6.61 Å². The summed E-state index contributed by atoms with van der Waals surface area (Å²) in [5, 5.41) is 0. The van der Waals surface area contributed by atoms with Crippen LogP contribution in [-0.4, -0.2) is 67.2 Å². The average Bonchev–Trinajstić information content (AvgIpc) is 2.80. The Bertz CT molecular complexity index is 691. The number of carbonyl (C=O) groups is 5. The van der Waals surface area contributed by atoms with E-state index < -0.39 is 102 Å². The van der Waals surface area contributed by atoms with Crippen molar-refractivity contribution in [3.8, 4) is 0 Å². The SMILES string of the molecule is [2H]CC(=O)OC[C@H]1OC(OC(=O)C[2H])[C@H](OC(=O)C[2H])[C@@H](OC(=O)C[2H])[C@H]1OC(=O)C[2H]. The molecule has 0 amide bonds. The first-order valence-corrected chi connectivity index (χ1v) is 7.25. The molecule has 1 aliphatic heterocycles. The van der Waals surface area contributed by atoms with E-state index in [4.69, 9.17) is 35.3 Å².